The van der Waals surface area contributed by atoms with Crippen molar-refractivity contribution in [3.8, 4) is 0 Å². The third-order valence-electron chi connectivity index (χ3n) is 1.40. The predicted molar refractivity (Wildman–Crippen MR) is 35.0 cm³/mol. The fourth-order valence-electron chi connectivity index (χ4n) is 0.577. The molecule has 1 heterocycles. The van der Waals surface area contributed by atoms with E-state index in [2.05, 4.69) is 30.8 Å². The van der Waals surface area contributed by atoms with Gasteiger partial charge < -0.3 is 0 Å². The van der Waals surface area contributed by atoms with Crippen LogP contribution in [-0.4, -0.2) is 0 Å². The zero-order chi connectivity index (χ0) is 6.15. The quantitative estimate of drug-likeness (QED) is 0.462. The molecule has 0 radical (unpaired) electrons. The second-order valence-electron chi connectivity index (χ2n) is 1.96. The summed E-state index contributed by atoms with van der Waals surface area (Å²) in [6.45, 7) is 4.24. The van der Waals surface area contributed by atoms with E-state index in [1.807, 2.05) is 0 Å². The number of rotatable bonds is 0. The average Bonchev–Trinajstić information content (AvgIpc) is 1.98. The van der Waals surface area contributed by atoms with Crippen molar-refractivity contribution in [3.63, 3.8) is 0 Å². The summed E-state index contributed by atoms with van der Waals surface area (Å²) >= 11 is 1.79. The van der Waals surface area contributed by atoms with Crippen LogP contribution in [0, 0.1) is 13.8 Å². The molecule has 44 valence electrons. The smallest absolute Gasteiger partial charge is 0.193 e. The van der Waals surface area contributed by atoms with Gasteiger partial charge in [0.2, 0.25) is 5.01 Å². The molecular weight excluding hydrogens is 118 g/mol. The van der Waals surface area contributed by atoms with Crippen molar-refractivity contribution in [1.82, 2.24) is 0 Å². The van der Waals surface area contributed by atoms with E-state index >= 15 is 0 Å². The van der Waals surface area contributed by atoms with Crippen LogP contribution in [0.25, 0.3) is 0 Å². The van der Waals surface area contributed by atoms with E-state index in [0.29, 0.717) is 0 Å². The van der Waals surface area contributed by atoms with Crippen molar-refractivity contribution in [2.24, 2.45) is 7.05 Å². The fourth-order valence-corrected chi connectivity index (χ4v) is 1.38. The van der Waals surface area contributed by atoms with Gasteiger partial charge in [0, 0.05) is 13.8 Å². The van der Waals surface area contributed by atoms with E-state index in [4.69, 9.17) is 0 Å². The monoisotopic (exact) mass is 128 g/mol. The van der Waals surface area contributed by atoms with Crippen LogP contribution >= 0.6 is 11.3 Å². The van der Waals surface area contributed by atoms with Crippen LogP contribution in [0.1, 0.15) is 10.7 Å². The summed E-state index contributed by atoms with van der Waals surface area (Å²) in [4.78, 5) is 0. The molecule has 2 heteroatoms. The SMILES string of the molecule is Cc1csc(C)[n+]1C. The summed E-state index contributed by atoms with van der Waals surface area (Å²) in [6, 6.07) is 0. The minimum atomic E-state index is 1.34. The number of hydrogen-bond acceptors (Lipinski definition) is 1. The number of aromatic nitrogens is 1. The maximum absolute atomic E-state index is 2.19. The van der Waals surface area contributed by atoms with Crippen molar-refractivity contribution >= 4 is 11.3 Å². The lowest BCUT2D eigenvalue weighted by Crippen LogP contribution is -2.31. The summed E-state index contributed by atoms with van der Waals surface area (Å²) < 4.78 is 2.19. The lowest BCUT2D eigenvalue weighted by molar-refractivity contribution is -0.678. The van der Waals surface area contributed by atoms with Gasteiger partial charge in [-0.25, -0.2) is 0 Å². The van der Waals surface area contributed by atoms with Crippen LogP contribution in [0.5, 0.6) is 0 Å². The Morgan fingerprint density at radius 2 is 2.12 bits per heavy atom. The van der Waals surface area contributed by atoms with Crippen LogP contribution < -0.4 is 4.57 Å². The average molecular weight is 128 g/mol. The molecule has 0 aliphatic heterocycles. The highest BCUT2D eigenvalue weighted by molar-refractivity contribution is 7.09. The first kappa shape index (κ1) is 5.76. The first-order chi connectivity index (χ1) is 3.72. The first-order valence-corrected chi connectivity index (χ1v) is 3.50. The summed E-state index contributed by atoms with van der Waals surface area (Å²) in [5.41, 5.74) is 1.34. The normalized spacial score (nSPS) is 9.88. The lowest BCUT2D eigenvalue weighted by atomic mass is 10.5. The minimum absolute atomic E-state index is 1.34. The van der Waals surface area contributed by atoms with E-state index in [1.54, 1.807) is 11.3 Å². The van der Waals surface area contributed by atoms with Crippen LogP contribution in [0.4, 0.5) is 0 Å². The molecule has 0 amide bonds. The maximum atomic E-state index is 2.19. The Morgan fingerprint density at radius 1 is 1.50 bits per heavy atom. The summed E-state index contributed by atoms with van der Waals surface area (Å²) in [6.07, 6.45) is 0. The molecule has 0 N–H and O–H groups in total. The van der Waals surface area contributed by atoms with E-state index in [-0.39, 0.29) is 0 Å². The Hall–Kier alpha value is -0.370. The molecule has 0 spiro atoms. The van der Waals surface area contributed by atoms with Crippen LogP contribution in [0.15, 0.2) is 5.38 Å². The van der Waals surface area contributed by atoms with Crippen molar-refractivity contribution in [2.75, 3.05) is 0 Å². The first-order valence-electron chi connectivity index (χ1n) is 2.62. The van der Waals surface area contributed by atoms with Crippen molar-refractivity contribution in [1.29, 1.82) is 0 Å². The second kappa shape index (κ2) is 1.86. The van der Waals surface area contributed by atoms with Gasteiger partial charge in [0.15, 0.2) is 5.69 Å². The van der Waals surface area contributed by atoms with E-state index in [0.717, 1.165) is 0 Å². The molecule has 8 heavy (non-hydrogen) atoms. The van der Waals surface area contributed by atoms with Crippen molar-refractivity contribution in [3.05, 3.63) is 16.1 Å². The zero-order valence-corrected chi connectivity index (χ0v) is 6.25. The molecule has 0 aliphatic rings. The van der Waals surface area contributed by atoms with Gasteiger partial charge in [-0.2, -0.15) is 4.57 Å². The molecular formula is C6H10NS+. The molecule has 1 aromatic rings. The molecule has 0 bridgehead atoms. The van der Waals surface area contributed by atoms with Crippen molar-refractivity contribution in [2.45, 2.75) is 13.8 Å². The number of aryl methyl sites for hydroxylation is 2. The molecule has 0 aromatic carbocycles. The van der Waals surface area contributed by atoms with Crippen LogP contribution in [0.2, 0.25) is 0 Å². The van der Waals surface area contributed by atoms with Crippen LogP contribution in [0.3, 0.4) is 0 Å². The Bertz CT molecular complexity index is 171. The molecule has 0 atom stereocenters. The second-order valence-corrected chi connectivity index (χ2v) is 3.02. The Morgan fingerprint density at radius 3 is 2.25 bits per heavy atom. The fraction of sp³-hybridized carbons (Fsp3) is 0.500. The van der Waals surface area contributed by atoms with Gasteiger partial charge in [0.25, 0.3) is 0 Å². The van der Waals surface area contributed by atoms with Gasteiger partial charge in [-0.1, -0.05) is 11.3 Å². The summed E-state index contributed by atoms with van der Waals surface area (Å²) in [5, 5.41) is 3.53. The topological polar surface area (TPSA) is 3.88 Å². The highest BCUT2D eigenvalue weighted by atomic mass is 32.1. The molecule has 0 aliphatic carbocycles. The van der Waals surface area contributed by atoms with Crippen LogP contribution in [-0.2, 0) is 7.05 Å². The molecule has 0 saturated carbocycles. The Balaban J connectivity index is 3.19. The van der Waals surface area contributed by atoms with Gasteiger partial charge in [-0.15, -0.1) is 0 Å². The molecule has 0 saturated heterocycles. The van der Waals surface area contributed by atoms with Crippen molar-refractivity contribution < 1.29 is 4.57 Å². The Kier molecular flexibility index (Phi) is 1.34. The van der Waals surface area contributed by atoms with Gasteiger partial charge in [0.1, 0.15) is 7.05 Å². The van der Waals surface area contributed by atoms with Gasteiger partial charge in [-0.3, -0.25) is 0 Å². The van der Waals surface area contributed by atoms with Gasteiger partial charge in [-0.05, 0) is 0 Å². The lowest BCUT2D eigenvalue weighted by Gasteiger charge is -1.80. The molecule has 1 aromatic heterocycles. The summed E-state index contributed by atoms with van der Waals surface area (Å²) in [5.74, 6) is 0. The standard InChI is InChI=1S/C6H10NS/c1-5-4-8-6(2)7(5)3/h4H,1-3H3/q+1. The third-order valence-corrected chi connectivity index (χ3v) is 2.48. The maximum Gasteiger partial charge on any atom is 0.234 e. The molecule has 0 unspecified atom stereocenters. The van der Waals surface area contributed by atoms with E-state index < -0.39 is 0 Å². The Labute approximate surface area is 53.6 Å². The van der Waals surface area contributed by atoms with E-state index in [9.17, 15) is 0 Å². The van der Waals surface area contributed by atoms with Gasteiger partial charge in [0.05, 0.1) is 5.38 Å². The number of thiazole rings is 1. The number of hydrogen-bond donors (Lipinski definition) is 0. The van der Waals surface area contributed by atoms with Gasteiger partial charge >= 0.3 is 0 Å². The molecule has 1 nitrogen and oxygen atoms in total. The molecule has 0 fully saturated rings. The zero-order valence-electron chi connectivity index (χ0n) is 5.43. The molecule has 1 rings (SSSR count). The summed E-state index contributed by atoms with van der Waals surface area (Å²) in [7, 11) is 2.08. The highest BCUT2D eigenvalue weighted by Crippen LogP contribution is 2.02. The van der Waals surface area contributed by atoms with E-state index in [1.165, 1.54) is 10.7 Å². The predicted octanol–water partition coefficient (Wildman–Crippen LogP) is 1.19. The number of nitrogens with zero attached hydrogens (tertiary/aromatic N) is 1. The third kappa shape index (κ3) is 0.757. The largest absolute Gasteiger partial charge is 0.234 e. The minimum Gasteiger partial charge on any atom is -0.193 e. The highest BCUT2D eigenvalue weighted by Gasteiger charge is 2.04.